The maximum atomic E-state index is 10.7. The summed E-state index contributed by atoms with van der Waals surface area (Å²) >= 11 is 1.43. The van der Waals surface area contributed by atoms with Crippen molar-refractivity contribution in [1.82, 2.24) is 4.98 Å². The molecule has 1 saturated heterocycles. The number of hydrogen-bond donors (Lipinski definition) is 1. The molecule has 1 N–H and O–H groups in total. The Kier molecular flexibility index (Phi) is 3.43. The standard InChI is InChI=1S/C11H16N2O2S/c1-2-3-8-4-5-13(6-8)11-12-9(7-16-11)10(14)15/h7-8H,2-6H2,1H3,(H,14,15). The van der Waals surface area contributed by atoms with E-state index in [1.807, 2.05) is 0 Å². The molecule has 2 heterocycles. The highest BCUT2D eigenvalue weighted by molar-refractivity contribution is 7.13. The van der Waals surface area contributed by atoms with E-state index < -0.39 is 5.97 Å². The van der Waals surface area contributed by atoms with Gasteiger partial charge >= 0.3 is 5.97 Å². The molecule has 0 aromatic carbocycles. The topological polar surface area (TPSA) is 53.4 Å². The highest BCUT2D eigenvalue weighted by atomic mass is 32.1. The zero-order valence-electron chi connectivity index (χ0n) is 9.35. The summed E-state index contributed by atoms with van der Waals surface area (Å²) in [6.45, 7) is 4.24. The predicted molar refractivity (Wildman–Crippen MR) is 64.3 cm³/mol. The normalized spacial score (nSPS) is 20.3. The molecule has 1 aliphatic rings. The summed E-state index contributed by atoms with van der Waals surface area (Å²) in [4.78, 5) is 17.1. The van der Waals surface area contributed by atoms with Gasteiger partial charge in [0.2, 0.25) is 0 Å². The van der Waals surface area contributed by atoms with E-state index in [0.717, 1.165) is 24.1 Å². The molecule has 0 spiro atoms. The molecule has 1 atom stereocenters. The van der Waals surface area contributed by atoms with Crippen LogP contribution in [0.4, 0.5) is 5.13 Å². The Balaban J connectivity index is 2.00. The van der Waals surface area contributed by atoms with Gasteiger partial charge in [0, 0.05) is 18.5 Å². The lowest BCUT2D eigenvalue weighted by Crippen LogP contribution is -2.19. The number of thiazole rings is 1. The summed E-state index contributed by atoms with van der Waals surface area (Å²) in [5, 5.41) is 11.3. The van der Waals surface area contributed by atoms with Crippen LogP contribution >= 0.6 is 11.3 Å². The van der Waals surface area contributed by atoms with Crippen molar-refractivity contribution < 1.29 is 9.90 Å². The summed E-state index contributed by atoms with van der Waals surface area (Å²) in [6, 6.07) is 0. The minimum atomic E-state index is -0.938. The van der Waals surface area contributed by atoms with Gasteiger partial charge in [-0.25, -0.2) is 9.78 Å². The molecule has 2 rings (SSSR count). The van der Waals surface area contributed by atoms with Crippen LogP contribution in [0.3, 0.4) is 0 Å². The molecule has 16 heavy (non-hydrogen) atoms. The van der Waals surface area contributed by atoms with Crippen molar-refractivity contribution in [2.45, 2.75) is 26.2 Å². The molecule has 1 aliphatic heterocycles. The van der Waals surface area contributed by atoms with Gasteiger partial charge in [0.05, 0.1) is 0 Å². The first-order valence-corrected chi connectivity index (χ1v) is 6.52. The van der Waals surface area contributed by atoms with Crippen molar-refractivity contribution in [3.63, 3.8) is 0 Å². The van der Waals surface area contributed by atoms with E-state index in [4.69, 9.17) is 5.11 Å². The van der Waals surface area contributed by atoms with Crippen LogP contribution in [-0.2, 0) is 0 Å². The maximum absolute atomic E-state index is 10.7. The summed E-state index contributed by atoms with van der Waals surface area (Å²) in [5.41, 5.74) is 0.166. The van der Waals surface area contributed by atoms with E-state index in [9.17, 15) is 4.79 Å². The minimum Gasteiger partial charge on any atom is -0.476 e. The van der Waals surface area contributed by atoms with Crippen LogP contribution in [0.5, 0.6) is 0 Å². The Morgan fingerprint density at radius 1 is 1.75 bits per heavy atom. The number of nitrogens with zero attached hydrogens (tertiary/aromatic N) is 2. The van der Waals surface area contributed by atoms with E-state index in [1.165, 1.54) is 30.6 Å². The highest BCUT2D eigenvalue weighted by Crippen LogP contribution is 2.28. The number of carbonyl (C=O) groups is 1. The highest BCUT2D eigenvalue weighted by Gasteiger charge is 2.24. The predicted octanol–water partition coefficient (Wildman–Crippen LogP) is 2.47. The summed E-state index contributed by atoms with van der Waals surface area (Å²) in [7, 11) is 0. The molecule has 0 saturated carbocycles. The molecule has 1 aromatic rings. The Labute approximate surface area is 98.9 Å². The SMILES string of the molecule is CCCC1CCN(c2nc(C(=O)O)cs2)C1. The summed E-state index contributed by atoms with van der Waals surface area (Å²) in [6.07, 6.45) is 3.68. The monoisotopic (exact) mass is 240 g/mol. The molecule has 4 nitrogen and oxygen atoms in total. The van der Waals surface area contributed by atoms with Gasteiger partial charge in [-0.3, -0.25) is 0 Å². The Morgan fingerprint density at radius 3 is 3.19 bits per heavy atom. The van der Waals surface area contributed by atoms with Crippen molar-refractivity contribution >= 4 is 22.4 Å². The Morgan fingerprint density at radius 2 is 2.56 bits per heavy atom. The van der Waals surface area contributed by atoms with Crippen molar-refractivity contribution in [2.24, 2.45) is 5.92 Å². The van der Waals surface area contributed by atoms with Gasteiger partial charge < -0.3 is 10.0 Å². The fraction of sp³-hybridized carbons (Fsp3) is 0.636. The molecule has 0 aliphatic carbocycles. The van der Waals surface area contributed by atoms with Gasteiger partial charge in [0.1, 0.15) is 0 Å². The number of rotatable bonds is 4. The van der Waals surface area contributed by atoms with Crippen molar-refractivity contribution in [3.05, 3.63) is 11.1 Å². The van der Waals surface area contributed by atoms with Gasteiger partial charge in [0.15, 0.2) is 10.8 Å². The molecule has 1 unspecified atom stereocenters. The number of hydrogen-bond acceptors (Lipinski definition) is 4. The second-order valence-corrected chi connectivity index (χ2v) is 5.05. The number of carboxylic acids is 1. The van der Waals surface area contributed by atoms with Crippen LogP contribution in [0.1, 0.15) is 36.7 Å². The quantitative estimate of drug-likeness (QED) is 0.878. The molecule has 0 radical (unpaired) electrons. The number of carboxylic acid groups (broad SMARTS) is 1. The van der Waals surface area contributed by atoms with Crippen molar-refractivity contribution in [3.8, 4) is 0 Å². The Bertz CT molecular complexity index is 378. The van der Waals surface area contributed by atoms with Gasteiger partial charge in [-0.15, -0.1) is 11.3 Å². The first-order valence-electron chi connectivity index (χ1n) is 5.64. The molecule has 1 aromatic heterocycles. The average molecular weight is 240 g/mol. The fourth-order valence-electron chi connectivity index (χ4n) is 2.16. The molecule has 0 amide bonds. The Hall–Kier alpha value is -1.10. The van der Waals surface area contributed by atoms with Gasteiger partial charge in [0.25, 0.3) is 0 Å². The first-order chi connectivity index (χ1) is 7.70. The molecule has 1 fully saturated rings. The molecule has 5 heteroatoms. The van der Waals surface area contributed by atoms with E-state index >= 15 is 0 Å². The lowest BCUT2D eigenvalue weighted by molar-refractivity contribution is 0.0691. The van der Waals surface area contributed by atoms with Crippen LogP contribution in [0.25, 0.3) is 0 Å². The number of aromatic nitrogens is 1. The number of aromatic carboxylic acids is 1. The first kappa shape index (κ1) is 11.4. The second kappa shape index (κ2) is 4.82. The maximum Gasteiger partial charge on any atom is 0.355 e. The van der Waals surface area contributed by atoms with Gasteiger partial charge in [-0.2, -0.15) is 0 Å². The largest absolute Gasteiger partial charge is 0.476 e. The molecular formula is C11H16N2O2S. The van der Waals surface area contributed by atoms with E-state index in [1.54, 1.807) is 5.38 Å². The zero-order chi connectivity index (χ0) is 11.5. The van der Waals surface area contributed by atoms with E-state index in [0.29, 0.717) is 0 Å². The third-order valence-corrected chi connectivity index (χ3v) is 3.87. The van der Waals surface area contributed by atoms with Gasteiger partial charge in [-0.05, 0) is 18.8 Å². The molecular weight excluding hydrogens is 224 g/mol. The minimum absolute atomic E-state index is 0.166. The zero-order valence-corrected chi connectivity index (χ0v) is 10.2. The lowest BCUT2D eigenvalue weighted by Gasteiger charge is -2.14. The van der Waals surface area contributed by atoms with E-state index in [-0.39, 0.29) is 5.69 Å². The summed E-state index contributed by atoms with van der Waals surface area (Å²) < 4.78 is 0. The molecule has 88 valence electrons. The molecule has 0 bridgehead atoms. The van der Waals surface area contributed by atoms with Crippen LogP contribution in [0, 0.1) is 5.92 Å². The van der Waals surface area contributed by atoms with Crippen LogP contribution in [0.2, 0.25) is 0 Å². The van der Waals surface area contributed by atoms with Crippen LogP contribution in [0.15, 0.2) is 5.38 Å². The fourth-order valence-corrected chi connectivity index (χ4v) is 2.99. The van der Waals surface area contributed by atoms with Crippen molar-refractivity contribution in [1.29, 1.82) is 0 Å². The third kappa shape index (κ3) is 2.35. The third-order valence-electron chi connectivity index (χ3n) is 2.96. The second-order valence-electron chi connectivity index (χ2n) is 4.21. The van der Waals surface area contributed by atoms with E-state index in [2.05, 4.69) is 16.8 Å². The van der Waals surface area contributed by atoms with Crippen LogP contribution < -0.4 is 4.90 Å². The smallest absolute Gasteiger partial charge is 0.355 e. The summed E-state index contributed by atoms with van der Waals surface area (Å²) in [5.74, 6) is -0.186. The average Bonchev–Trinajstić information content (AvgIpc) is 2.84. The van der Waals surface area contributed by atoms with Crippen LogP contribution in [-0.4, -0.2) is 29.1 Å². The van der Waals surface area contributed by atoms with Gasteiger partial charge in [-0.1, -0.05) is 13.3 Å². The lowest BCUT2D eigenvalue weighted by atomic mass is 10.0. The number of anilines is 1. The van der Waals surface area contributed by atoms with Crippen molar-refractivity contribution in [2.75, 3.05) is 18.0 Å².